The number of anilines is 1. The molecular formula is C21H21N3O2. The Labute approximate surface area is 151 Å². The van der Waals surface area contributed by atoms with E-state index in [2.05, 4.69) is 4.98 Å². The largest absolute Gasteiger partial charge is 0.305 e. The van der Waals surface area contributed by atoms with Crippen LogP contribution in [0.2, 0.25) is 0 Å². The first-order valence-corrected chi connectivity index (χ1v) is 9.02. The van der Waals surface area contributed by atoms with Gasteiger partial charge < -0.3 is 4.90 Å². The Kier molecular flexibility index (Phi) is 4.29. The van der Waals surface area contributed by atoms with Crippen LogP contribution in [0, 0.1) is 6.92 Å². The van der Waals surface area contributed by atoms with Gasteiger partial charge in [0.2, 0.25) is 0 Å². The van der Waals surface area contributed by atoms with Gasteiger partial charge in [0.1, 0.15) is 11.2 Å². The van der Waals surface area contributed by atoms with Crippen molar-refractivity contribution in [3.63, 3.8) is 0 Å². The van der Waals surface area contributed by atoms with E-state index in [9.17, 15) is 9.59 Å². The van der Waals surface area contributed by atoms with Gasteiger partial charge in [-0.25, -0.2) is 4.98 Å². The molecule has 0 spiro atoms. The molecular weight excluding hydrogens is 326 g/mol. The molecule has 132 valence electrons. The van der Waals surface area contributed by atoms with Gasteiger partial charge in [0.25, 0.3) is 11.5 Å². The minimum atomic E-state index is -0.317. The zero-order valence-electron chi connectivity index (χ0n) is 14.8. The van der Waals surface area contributed by atoms with Crippen molar-refractivity contribution in [3.8, 4) is 0 Å². The Bertz CT molecular complexity index is 1000. The molecule has 0 N–H and O–H groups in total. The highest BCUT2D eigenvalue weighted by Gasteiger charge is 2.30. The highest BCUT2D eigenvalue weighted by atomic mass is 16.2. The molecule has 5 nitrogen and oxygen atoms in total. The third kappa shape index (κ3) is 2.79. The number of fused-ring (bicyclic) bond motifs is 1. The van der Waals surface area contributed by atoms with Gasteiger partial charge in [-0.05, 0) is 43.5 Å². The summed E-state index contributed by atoms with van der Waals surface area (Å²) in [7, 11) is 0. The first-order valence-electron chi connectivity index (χ1n) is 9.02. The Morgan fingerprint density at radius 3 is 2.58 bits per heavy atom. The van der Waals surface area contributed by atoms with Crippen molar-refractivity contribution in [2.24, 2.45) is 0 Å². The van der Waals surface area contributed by atoms with Crippen LogP contribution in [0.3, 0.4) is 0 Å². The number of rotatable bonds is 3. The molecule has 1 aliphatic carbocycles. The van der Waals surface area contributed by atoms with Crippen molar-refractivity contribution in [3.05, 3.63) is 76.3 Å². The molecule has 1 aliphatic rings. The molecule has 1 aromatic carbocycles. The Morgan fingerprint density at radius 1 is 1.12 bits per heavy atom. The molecule has 0 unspecified atom stereocenters. The minimum Gasteiger partial charge on any atom is -0.305 e. The molecule has 1 amide bonds. The number of amides is 1. The van der Waals surface area contributed by atoms with Gasteiger partial charge in [-0.15, -0.1) is 0 Å². The smallest absolute Gasteiger partial charge is 0.270 e. The van der Waals surface area contributed by atoms with Gasteiger partial charge in [-0.1, -0.05) is 37.1 Å². The second-order valence-corrected chi connectivity index (χ2v) is 6.81. The van der Waals surface area contributed by atoms with E-state index in [0.717, 1.165) is 36.9 Å². The molecule has 0 radical (unpaired) electrons. The Balaban J connectivity index is 1.82. The number of pyridine rings is 1. The maximum atomic E-state index is 13.4. The van der Waals surface area contributed by atoms with E-state index >= 15 is 0 Å². The fourth-order valence-electron chi connectivity index (χ4n) is 3.77. The van der Waals surface area contributed by atoms with Crippen molar-refractivity contribution in [2.75, 3.05) is 4.90 Å². The van der Waals surface area contributed by atoms with Crippen LogP contribution in [0.5, 0.6) is 0 Å². The molecule has 4 rings (SSSR count). The maximum absolute atomic E-state index is 13.4. The van der Waals surface area contributed by atoms with Crippen LogP contribution < -0.4 is 10.5 Å². The van der Waals surface area contributed by atoms with E-state index < -0.39 is 0 Å². The predicted octanol–water partition coefficient (Wildman–Crippen LogP) is 3.59. The summed E-state index contributed by atoms with van der Waals surface area (Å²) in [6.45, 7) is 1.90. The normalized spacial score (nSPS) is 14.7. The van der Waals surface area contributed by atoms with Gasteiger partial charge >= 0.3 is 0 Å². The van der Waals surface area contributed by atoms with Gasteiger partial charge in [-0.2, -0.15) is 0 Å². The van der Waals surface area contributed by atoms with E-state index in [1.54, 1.807) is 17.2 Å². The fourth-order valence-corrected chi connectivity index (χ4v) is 3.77. The molecule has 0 bridgehead atoms. The standard InChI is InChI=1S/C21H21N3O2/c1-15-8-7-13-23-19(15)22-14-18(20(23)25)21(26)24(17-11-5-6-12-17)16-9-3-2-4-10-16/h2-4,7-10,13-14,17H,5-6,11-12H2,1H3. The fraction of sp³-hybridized carbons (Fsp3) is 0.286. The van der Waals surface area contributed by atoms with Crippen molar-refractivity contribution in [2.45, 2.75) is 38.6 Å². The molecule has 0 saturated heterocycles. The van der Waals surface area contributed by atoms with E-state index in [1.165, 1.54) is 10.6 Å². The van der Waals surface area contributed by atoms with Gasteiger partial charge in [-0.3, -0.25) is 14.0 Å². The molecule has 0 atom stereocenters. The number of aromatic nitrogens is 2. The Hall–Kier alpha value is -2.95. The number of aryl methyl sites for hydroxylation is 1. The molecule has 3 aromatic rings. The van der Waals surface area contributed by atoms with Gasteiger partial charge in [0, 0.05) is 24.1 Å². The van der Waals surface area contributed by atoms with Crippen LogP contribution in [0.1, 0.15) is 41.6 Å². The van der Waals surface area contributed by atoms with Crippen molar-refractivity contribution < 1.29 is 4.79 Å². The predicted molar refractivity (Wildman–Crippen MR) is 102 cm³/mol. The third-order valence-electron chi connectivity index (χ3n) is 5.10. The lowest BCUT2D eigenvalue weighted by Crippen LogP contribution is -2.42. The van der Waals surface area contributed by atoms with Crippen molar-refractivity contribution in [1.82, 2.24) is 9.38 Å². The van der Waals surface area contributed by atoms with Crippen LogP contribution in [0.15, 0.2) is 59.7 Å². The van der Waals surface area contributed by atoms with Crippen LogP contribution in [-0.4, -0.2) is 21.3 Å². The van der Waals surface area contributed by atoms with Gasteiger partial charge in [0.15, 0.2) is 0 Å². The first kappa shape index (κ1) is 16.5. The highest BCUT2D eigenvalue weighted by Crippen LogP contribution is 2.29. The summed E-state index contributed by atoms with van der Waals surface area (Å²) in [6, 6.07) is 13.4. The summed E-state index contributed by atoms with van der Waals surface area (Å²) in [6.07, 6.45) is 7.23. The summed E-state index contributed by atoms with van der Waals surface area (Å²) in [5.74, 6) is -0.267. The lowest BCUT2D eigenvalue weighted by atomic mass is 10.1. The minimum absolute atomic E-state index is 0.115. The Morgan fingerprint density at radius 2 is 1.85 bits per heavy atom. The van der Waals surface area contributed by atoms with Crippen LogP contribution >= 0.6 is 0 Å². The SMILES string of the molecule is Cc1cccn2c(=O)c(C(=O)N(c3ccccc3)C3CCCC3)cnc12. The second-order valence-electron chi connectivity index (χ2n) is 6.81. The number of benzene rings is 1. The molecule has 5 heteroatoms. The van der Waals surface area contributed by atoms with Crippen LogP contribution in [-0.2, 0) is 0 Å². The quantitative estimate of drug-likeness (QED) is 0.727. The number of carbonyl (C=O) groups excluding carboxylic acids is 1. The van der Waals surface area contributed by atoms with Crippen molar-refractivity contribution >= 4 is 17.2 Å². The molecule has 2 aromatic heterocycles. The topological polar surface area (TPSA) is 54.7 Å². The molecule has 1 fully saturated rings. The zero-order chi connectivity index (χ0) is 18.1. The first-order chi connectivity index (χ1) is 12.7. The van der Waals surface area contributed by atoms with E-state index in [1.807, 2.05) is 43.3 Å². The number of carbonyl (C=O) groups is 1. The van der Waals surface area contributed by atoms with Gasteiger partial charge in [0.05, 0.1) is 0 Å². The molecule has 1 saturated carbocycles. The van der Waals surface area contributed by atoms with Crippen LogP contribution in [0.4, 0.5) is 5.69 Å². The summed E-state index contributed by atoms with van der Waals surface area (Å²) in [5, 5.41) is 0. The molecule has 26 heavy (non-hydrogen) atoms. The molecule has 0 aliphatic heterocycles. The van der Waals surface area contributed by atoms with E-state index in [4.69, 9.17) is 0 Å². The second kappa shape index (κ2) is 6.75. The number of para-hydroxylation sites is 1. The highest BCUT2D eigenvalue weighted by molar-refractivity contribution is 6.06. The average Bonchev–Trinajstić information content (AvgIpc) is 3.18. The zero-order valence-corrected chi connectivity index (χ0v) is 14.8. The summed E-state index contributed by atoms with van der Waals surface area (Å²) in [4.78, 5) is 32.5. The van der Waals surface area contributed by atoms with Crippen LogP contribution in [0.25, 0.3) is 5.65 Å². The summed E-state index contributed by atoms with van der Waals surface area (Å²) >= 11 is 0. The lowest BCUT2D eigenvalue weighted by Gasteiger charge is -2.29. The van der Waals surface area contributed by atoms with E-state index in [-0.39, 0.29) is 23.1 Å². The summed E-state index contributed by atoms with van der Waals surface area (Å²) in [5.41, 5.74) is 2.12. The van der Waals surface area contributed by atoms with E-state index in [0.29, 0.717) is 5.65 Å². The number of hydrogen-bond donors (Lipinski definition) is 0. The summed E-state index contributed by atoms with van der Waals surface area (Å²) < 4.78 is 1.46. The maximum Gasteiger partial charge on any atom is 0.270 e. The molecule has 2 heterocycles. The number of nitrogens with zero attached hydrogens (tertiary/aromatic N) is 3. The van der Waals surface area contributed by atoms with Crippen molar-refractivity contribution in [1.29, 1.82) is 0 Å². The third-order valence-corrected chi connectivity index (χ3v) is 5.10. The monoisotopic (exact) mass is 347 g/mol. The average molecular weight is 347 g/mol. The number of hydrogen-bond acceptors (Lipinski definition) is 3. The lowest BCUT2D eigenvalue weighted by molar-refractivity contribution is 0.0975.